The Balaban J connectivity index is 2.64. The van der Waals surface area contributed by atoms with Crippen molar-refractivity contribution in [3.63, 3.8) is 0 Å². The first-order valence-corrected chi connectivity index (χ1v) is 5.27. The molecular formula is C12H17FN2O. The summed E-state index contributed by atoms with van der Waals surface area (Å²) in [5.74, 6) is 0.120. The number of halogens is 1. The molecule has 1 aromatic rings. The SMILES string of the molecule is CC(C)CCOc1ccc(C(=N)N)cc1F. The average Bonchev–Trinajstić information content (AvgIpc) is 2.19. The number of hydrogen-bond donors (Lipinski definition) is 2. The number of amidine groups is 1. The Labute approximate surface area is 94.9 Å². The lowest BCUT2D eigenvalue weighted by Crippen LogP contribution is -2.11. The highest BCUT2D eigenvalue weighted by Crippen LogP contribution is 2.18. The van der Waals surface area contributed by atoms with Crippen LogP contribution in [0.1, 0.15) is 25.8 Å². The number of rotatable bonds is 5. The molecule has 1 rings (SSSR count). The Morgan fingerprint density at radius 3 is 2.69 bits per heavy atom. The van der Waals surface area contributed by atoms with E-state index in [0.717, 1.165) is 6.42 Å². The van der Waals surface area contributed by atoms with Gasteiger partial charge >= 0.3 is 0 Å². The average molecular weight is 224 g/mol. The standard InChI is InChI=1S/C12H17FN2O/c1-8(2)5-6-16-11-4-3-9(12(14)15)7-10(11)13/h3-4,7-8H,5-6H2,1-2H3,(H3,14,15). The lowest BCUT2D eigenvalue weighted by atomic mass is 10.1. The monoisotopic (exact) mass is 224 g/mol. The van der Waals surface area contributed by atoms with Gasteiger partial charge in [-0.05, 0) is 30.5 Å². The Kier molecular flexibility index (Phi) is 4.28. The van der Waals surface area contributed by atoms with Crippen molar-refractivity contribution in [1.29, 1.82) is 5.41 Å². The minimum atomic E-state index is -0.476. The van der Waals surface area contributed by atoms with Crippen LogP contribution in [0.2, 0.25) is 0 Å². The van der Waals surface area contributed by atoms with Crippen LogP contribution in [0, 0.1) is 17.1 Å². The van der Waals surface area contributed by atoms with E-state index in [1.165, 1.54) is 12.1 Å². The molecule has 0 fully saturated rings. The van der Waals surface area contributed by atoms with Crippen molar-refractivity contribution in [2.75, 3.05) is 6.61 Å². The van der Waals surface area contributed by atoms with E-state index >= 15 is 0 Å². The highest BCUT2D eigenvalue weighted by atomic mass is 19.1. The summed E-state index contributed by atoms with van der Waals surface area (Å²) in [4.78, 5) is 0. The first kappa shape index (κ1) is 12.5. The maximum absolute atomic E-state index is 13.5. The summed E-state index contributed by atoms with van der Waals surface area (Å²) < 4.78 is 18.8. The molecule has 16 heavy (non-hydrogen) atoms. The van der Waals surface area contributed by atoms with Crippen LogP contribution in [0.25, 0.3) is 0 Å². The molecule has 0 saturated carbocycles. The highest BCUT2D eigenvalue weighted by Gasteiger charge is 2.06. The normalized spacial score (nSPS) is 10.5. The van der Waals surface area contributed by atoms with Crippen LogP contribution < -0.4 is 10.5 Å². The van der Waals surface area contributed by atoms with Gasteiger partial charge < -0.3 is 10.5 Å². The van der Waals surface area contributed by atoms with Crippen molar-refractivity contribution in [1.82, 2.24) is 0 Å². The quantitative estimate of drug-likeness (QED) is 0.596. The van der Waals surface area contributed by atoms with Gasteiger partial charge in [-0.15, -0.1) is 0 Å². The molecule has 0 aromatic heterocycles. The maximum Gasteiger partial charge on any atom is 0.165 e. The molecule has 0 unspecified atom stereocenters. The van der Waals surface area contributed by atoms with Gasteiger partial charge in [-0.2, -0.15) is 0 Å². The molecule has 0 bridgehead atoms. The zero-order valence-electron chi connectivity index (χ0n) is 9.59. The van der Waals surface area contributed by atoms with Crippen LogP contribution in [0.4, 0.5) is 4.39 Å². The first-order valence-electron chi connectivity index (χ1n) is 5.27. The molecule has 0 saturated heterocycles. The van der Waals surface area contributed by atoms with Crippen LogP contribution in [-0.2, 0) is 0 Å². The van der Waals surface area contributed by atoms with Gasteiger partial charge in [0.15, 0.2) is 11.6 Å². The molecule has 3 N–H and O–H groups in total. The summed E-state index contributed by atoms with van der Waals surface area (Å²) in [6, 6.07) is 4.30. The van der Waals surface area contributed by atoms with Crippen molar-refractivity contribution in [3.8, 4) is 5.75 Å². The van der Waals surface area contributed by atoms with Gasteiger partial charge in [-0.3, -0.25) is 5.41 Å². The molecule has 88 valence electrons. The Morgan fingerprint density at radius 1 is 1.50 bits per heavy atom. The molecule has 4 heteroatoms. The number of benzene rings is 1. The van der Waals surface area contributed by atoms with Crippen LogP contribution in [0.15, 0.2) is 18.2 Å². The van der Waals surface area contributed by atoms with E-state index in [0.29, 0.717) is 18.1 Å². The summed E-state index contributed by atoms with van der Waals surface area (Å²) in [5, 5.41) is 7.17. The summed E-state index contributed by atoms with van der Waals surface area (Å²) in [7, 11) is 0. The molecule has 0 spiro atoms. The van der Waals surface area contributed by atoms with Crippen molar-refractivity contribution in [2.24, 2.45) is 11.7 Å². The Morgan fingerprint density at radius 2 is 2.19 bits per heavy atom. The van der Waals surface area contributed by atoms with Crippen molar-refractivity contribution in [2.45, 2.75) is 20.3 Å². The van der Waals surface area contributed by atoms with Crippen LogP contribution in [-0.4, -0.2) is 12.4 Å². The maximum atomic E-state index is 13.5. The fourth-order valence-electron chi connectivity index (χ4n) is 1.19. The molecular weight excluding hydrogens is 207 g/mol. The molecule has 1 aromatic carbocycles. The largest absolute Gasteiger partial charge is 0.491 e. The molecule has 3 nitrogen and oxygen atoms in total. The van der Waals surface area contributed by atoms with Crippen LogP contribution in [0.5, 0.6) is 5.75 Å². The van der Waals surface area contributed by atoms with Gasteiger partial charge in [0, 0.05) is 5.56 Å². The number of ether oxygens (including phenoxy) is 1. The molecule has 0 heterocycles. The number of hydrogen-bond acceptors (Lipinski definition) is 2. The van der Waals surface area contributed by atoms with Gasteiger partial charge in [-0.1, -0.05) is 13.8 Å². The van der Waals surface area contributed by atoms with Crippen molar-refractivity contribution in [3.05, 3.63) is 29.6 Å². The lowest BCUT2D eigenvalue weighted by molar-refractivity contribution is 0.277. The molecule has 0 atom stereocenters. The minimum Gasteiger partial charge on any atom is -0.491 e. The second-order valence-electron chi connectivity index (χ2n) is 4.09. The predicted molar refractivity (Wildman–Crippen MR) is 62.4 cm³/mol. The first-order chi connectivity index (χ1) is 7.50. The molecule has 0 aliphatic carbocycles. The number of nitrogens with two attached hydrogens (primary N) is 1. The van der Waals surface area contributed by atoms with Gasteiger partial charge in [0.05, 0.1) is 6.61 Å². The predicted octanol–water partition coefficient (Wildman–Crippen LogP) is 2.53. The summed E-state index contributed by atoms with van der Waals surface area (Å²) >= 11 is 0. The van der Waals surface area contributed by atoms with E-state index in [-0.39, 0.29) is 11.6 Å². The minimum absolute atomic E-state index is 0.146. The third kappa shape index (κ3) is 3.53. The molecule has 0 amide bonds. The Bertz CT molecular complexity index is 377. The van der Waals surface area contributed by atoms with E-state index in [2.05, 4.69) is 13.8 Å². The summed E-state index contributed by atoms with van der Waals surface area (Å²) in [5.41, 5.74) is 5.62. The highest BCUT2D eigenvalue weighted by molar-refractivity contribution is 5.95. The summed E-state index contributed by atoms with van der Waals surface area (Å²) in [6.07, 6.45) is 0.883. The van der Waals surface area contributed by atoms with Gasteiger partial charge in [-0.25, -0.2) is 4.39 Å². The van der Waals surface area contributed by atoms with Gasteiger partial charge in [0.25, 0.3) is 0 Å². The smallest absolute Gasteiger partial charge is 0.165 e. The lowest BCUT2D eigenvalue weighted by Gasteiger charge is -2.09. The zero-order valence-corrected chi connectivity index (χ0v) is 9.59. The second-order valence-corrected chi connectivity index (χ2v) is 4.09. The van der Waals surface area contributed by atoms with E-state index in [4.69, 9.17) is 15.9 Å². The topological polar surface area (TPSA) is 59.1 Å². The third-order valence-electron chi connectivity index (χ3n) is 2.20. The zero-order chi connectivity index (χ0) is 12.1. The fourth-order valence-corrected chi connectivity index (χ4v) is 1.19. The fraction of sp³-hybridized carbons (Fsp3) is 0.417. The summed E-state index contributed by atoms with van der Waals surface area (Å²) in [6.45, 7) is 4.66. The number of nitrogen functional groups attached to an aromatic ring is 1. The Hall–Kier alpha value is -1.58. The van der Waals surface area contributed by atoms with Gasteiger partial charge in [0.1, 0.15) is 5.84 Å². The van der Waals surface area contributed by atoms with Crippen molar-refractivity contribution < 1.29 is 9.13 Å². The van der Waals surface area contributed by atoms with Crippen molar-refractivity contribution >= 4 is 5.84 Å². The van der Waals surface area contributed by atoms with Crippen LogP contribution in [0.3, 0.4) is 0 Å². The number of nitrogens with one attached hydrogen (secondary N) is 1. The van der Waals surface area contributed by atoms with E-state index in [9.17, 15) is 4.39 Å². The van der Waals surface area contributed by atoms with Gasteiger partial charge in [0.2, 0.25) is 0 Å². The molecule has 0 radical (unpaired) electrons. The second kappa shape index (κ2) is 5.49. The van der Waals surface area contributed by atoms with E-state index in [1.54, 1.807) is 6.07 Å². The molecule has 0 aliphatic heterocycles. The third-order valence-corrected chi connectivity index (χ3v) is 2.20. The van der Waals surface area contributed by atoms with E-state index < -0.39 is 5.82 Å². The van der Waals surface area contributed by atoms with E-state index in [1.807, 2.05) is 0 Å². The van der Waals surface area contributed by atoms with Crippen LogP contribution >= 0.6 is 0 Å². The molecule has 0 aliphatic rings.